The van der Waals surface area contributed by atoms with Gasteiger partial charge < -0.3 is 10.3 Å². The number of rotatable bonds is 2. The van der Waals surface area contributed by atoms with Gasteiger partial charge in [0, 0.05) is 19.2 Å². The van der Waals surface area contributed by atoms with Crippen molar-refractivity contribution in [1.29, 1.82) is 0 Å². The predicted molar refractivity (Wildman–Crippen MR) is 60.7 cm³/mol. The van der Waals surface area contributed by atoms with Gasteiger partial charge in [-0.1, -0.05) is 0 Å². The van der Waals surface area contributed by atoms with Crippen LogP contribution in [0.4, 0.5) is 11.6 Å². The Morgan fingerprint density at radius 3 is 2.62 bits per heavy atom. The first-order valence-corrected chi connectivity index (χ1v) is 6.67. The molecule has 1 aromatic rings. The van der Waals surface area contributed by atoms with Gasteiger partial charge in [-0.2, -0.15) is 0 Å². The van der Waals surface area contributed by atoms with Crippen LogP contribution < -0.4 is 16.2 Å². The van der Waals surface area contributed by atoms with E-state index in [1.807, 2.05) is 4.90 Å². The Balaban J connectivity index is 2.13. The standard InChI is InChI=1S/C8H13N5O2S/c9-12-7-5-8(11-6-10-7)13-1-3-16(14,15)4-2-13/h5-6H,1-4,9H2,(H,10,11,12). The zero-order valence-corrected chi connectivity index (χ0v) is 9.44. The molecule has 0 atom stereocenters. The van der Waals surface area contributed by atoms with Crippen LogP contribution in [0.5, 0.6) is 0 Å². The van der Waals surface area contributed by atoms with Crippen LogP contribution >= 0.6 is 0 Å². The maximum absolute atomic E-state index is 11.3. The molecule has 0 spiro atoms. The van der Waals surface area contributed by atoms with Gasteiger partial charge in [0.1, 0.15) is 18.0 Å². The van der Waals surface area contributed by atoms with E-state index < -0.39 is 9.84 Å². The van der Waals surface area contributed by atoms with Crippen molar-refractivity contribution >= 4 is 21.5 Å². The Morgan fingerprint density at radius 2 is 2.00 bits per heavy atom. The fourth-order valence-corrected chi connectivity index (χ4v) is 2.74. The third kappa shape index (κ3) is 2.39. The van der Waals surface area contributed by atoms with Gasteiger partial charge in [-0.25, -0.2) is 24.2 Å². The molecule has 0 bridgehead atoms. The van der Waals surface area contributed by atoms with E-state index in [9.17, 15) is 8.42 Å². The summed E-state index contributed by atoms with van der Waals surface area (Å²) in [6.07, 6.45) is 1.40. The van der Waals surface area contributed by atoms with Crippen molar-refractivity contribution in [3.05, 3.63) is 12.4 Å². The minimum Gasteiger partial charge on any atom is -0.354 e. The zero-order chi connectivity index (χ0) is 11.6. The van der Waals surface area contributed by atoms with Crippen LogP contribution in [0.15, 0.2) is 12.4 Å². The van der Waals surface area contributed by atoms with Crippen molar-refractivity contribution in [3.63, 3.8) is 0 Å². The molecule has 2 rings (SSSR count). The van der Waals surface area contributed by atoms with Crippen molar-refractivity contribution in [2.75, 3.05) is 34.9 Å². The van der Waals surface area contributed by atoms with Gasteiger partial charge in [0.2, 0.25) is 0 Å². The Morgan fingerprint density at radius 1 is 1.31 bits per heavy atom. The molecule has 0 amide bonds. The topological polar surface area (TPSA) is 101 Å². The van der Waals surface area contributed by atoms with Gasteiger partial charge in [0.25, 0.3) is 0 Å². The first-order chi connectivity index (χ1) is 7.61. The number of sulfone groups is 1. The summed E-state index contributed by atoms with van der Waals surface area (Å²) in [6, 6.07) is 1.69. The molecule has 0 aliphatic carbocycles. The number of aromatic nitrogens is 2. The molecule has 1 aliphatic heterocycles. The third-order valence-corrected chi connectivity index (χ3v) is 4.08. The summed E-state index contributed by atoms with van der Waals surface area (Å²) < 4.78 is 22.5. The number of anilines is 2. The number of hydrazine groups is 1. The molecule has 0 unspecified atom stereocenters. The average Bonchev–Trinajstić information content (AvgIpc) is 2.29. The molecule has 0 saturated carbocycles. The van der Waals surface area contributed by atoms with Crippen LogP contribution in [-0.4, -0.2) is 43.0 Å². The second kappa shape index (κ2) is 4.22. The van der Waals surface area contributed by atoms with Crippen molar-refractivity contribution in [1.82, 2.24) is 9.97 Å². The Labute approximate surface area is 93.6 Å². The average molecular weight is 243 g/mol. The Bertz CT molecular complexity index is 461. The summed E-state index contributed by atoms with van der Waals surface area (Å²) in [4.78, 5) is 9.88. The maximum atomic E-state index is 11.3. The van der Waals surface area contributed by atoms with E-state index in [0.29, 0.717) is 24.7 Å². The van der Waals surface area contributed by atoms with Gasteiger partial charge in [-0.15, -0.1) is 0 Å². The highest BCUT2D eigenvalue weighted by Crippen LogP contribution is 2.16. The summed E-state index contributed by atoms with van der Waals surface area (Å²) in [6.45, 7) is 0.923. The smallest absolute Gasteiger partial charge is 0.153 e. The summed E-state index contributed by atoms with van der Waals surface area (Å²) >= 11 is 0. The van der Waals surface area contributed by atoms with E-state index in [0.717, 1.165) is 0 Å². The number of nitrogens with two attached hydrogens (primary N) is 1. The number of nitrogen functional groups attached to an aromatic ring is 1. The molecule has 2 heterocycles. The number of nitrogens with zero attached hydrogens (tertiary/aromatic N) is 3. The lowest BCUT2D eigenvalue weighted by molar-refractivity contribution is 0.586. The van der Waals surface area contributed by atoms with Crippen molar-refractivity contribution < 1.29 is 8.42 Å². The van der Waals surface area contributed by atoms with Gasteiger partial charge in [-0.05, 0) is 0 Å². The summed E-state index contributed by atoms with van der Waals surface area (Å²) in [5, 5.41) is 0. The molecule has 1 fully saturated rings. The van der Waals surface area contributed by atoms with Crippen LogP contribution in [-0.2, 0) is 9.84 Å². The molecular formula is C8H13N5O2S. The summed E-state index contributed by atoms with van der Waals surface area (Å²) in [7, 11) is -2.86. The number of hydrogen-bond donors (Lipinski definition) is 2. The van der Waals surface area contributed by atoms with Crippen molar-refractivity contribution in [2.45, 2.75) is 0 Å². The highest BCUT2D eigenvalue weighted by atomic mass is 32.2. The SMILES string of the molecule is NNc1cc(N2CCS(=O)(=O)CC2)ncn1. The predicted octanol–water partition coefficient (Wildman–Crippen LogP) is -1.00. The highest BCUT2D eigenvalue weighted by Gasteiger charge is 2.22. The van der Waals surface area contributed by atoms with Crippen LogP contribution in [0.1, 0.15) is 0 Å². The zero-order valence-electron chi connectivity index (χ0n) is 8.63. The molecule has 0 aromatic carbocycles. The molecule has 3 N–H and O–H groups in total. The first kappa shape index (κ1) is 11.1. The lowest BCUT2D eigenvalue weighted by atomic mass is 10.4. The Hall–Kier alpha value is -1.41. The van der Waals surface area contributed by atoms with Crippen molar-refractivity contribution in [3.8, 4) is 0 Å². The fraction of sp³-hybridized carbons (Fsp3) is 0.500. The second-order valence-electron chi connectivity index (χ2n) is 3.54. The van der Waals surface area contributed by atoms with Crippen LogP contribution in [0.3, 0.4) is 0 Å². The quantitative estimate of drug-likeness (QED) is 0.507. The molecular weight excluding hydrogens is 230 g/mol. The van der Waals surface area contributed by atoms with Gasteiger partial charge >= 0.3 is 0 Å². The van der Waals surface area contributed by atoms with Gasteiger partial charge in [0.15, 0.2) is 9.84 Å². The molecule has 16 heavy (non-hydrogen) atoms. The first-order valence-electron chi connectivity index (χ1n) is 4.85. The number of nitrogens with one attached hydrogen (secondary N) is 1. The summed E-state index contributed by atoms with van der Waals surface area (Å²) in [5.74, 6) is 6.78. The minimum atomic E-state index is -2.86. The summed E-state index contributed by atoms with van der Waals surface area (Å²) in [5.41, 5.74) is 2.43. The molecule has 8 heteroatoms. The van der Waals surface area contributed by atoms with Crippen molar-refractivity contribution in [2.24, 2.45) is 5.84 Å². The Kier molecular flexibility index (Phi) is 2.92. The van der Waals surface area contributed by atoms with E-state index in [2.05, 4.69) is 15.4 Å². The molecule has 0 radical (unpaired) electrons. The van der Waals surface area contributed by atoms with Crippen LogP contribution in [0, 0.1) is 0 Å². The molecule has 88 valence electrons. The molecule has 1 aliphatic rings. The van der Waals surface area contributed by atoms with Gasteiger partial charge in [-0.3, -0.25) is 0 Å². The lowest BCUT2D eigenvalue weighted by Gasteiger charge is -2.27. The van der Waals surface area contributed by atoms with E-state index in [4.69, 9.17) is 5.84 Å². The van der Waals surface area contributed by atoms with Crippen LogP contribution in [0.2, 0.25) is 0 Å². The van der Waals surface area contributed by atoms with Gasteiger partial charge in [0.05, 0.1) is 11.5 Å². The van der Waals surface area contributed by atoms with E-state index >= 15 is 0 Å². The van der Waals surface area contributed by atoms with Crippen LogP contribution in [0.25, 0.3) is 0 Å². The monoisotopic (exact) mass is 243 g/mol. The minimum absolute atomic E-state index is 0.169. The molecule has 1 saturated heterocycles. The highest BCUT2D eigenvalue weighted by molar-refractivity contribution is 7.91. The number of hydrogen-bond acceptors (Lipinski definition) is 7. The second-order valence-corrected chi connectivity index (χ2v) is 5.85. The third-order valence-electron chi connectivity index (χ3n) is 2.47. The lowest BCUT2D eigenvalue weighted by Crippen LogP contribution is -2.40. The molecule has 1 aromatic heterocycles. The van der Waals surface area contributed by atoms with E-state index in [1.54, 1.807) is 6.07 Å². The van der Waals surface area contributed by atoms with E-state index in [-0.39, 0.29) is 11.5 Å². The maximum Gasteiger partial charge on any atom is 0.153 e. The fourth-order valence-electron chi connectivity index (χ4n) is 1.54. The normalized spacial score (nSPS) is 19.4. The van der Waals surface area contributed by atoms with E-state index in [1.165, 1.54) is 6.33 Å². The molecule has 7 nitrogen and oxygen atoms in total. The largest absolute Gasteiger partial charge is 0.354 e.